The van der Waals surface area contributed by atoms with Gasteiger partial charge in [0.25, 0.3) is 0 Å². The highest BCUT2D eigenvalue weighted by atomic mass is 16.5. The monoisotopic (exact) mass is 376 g/mol. The van der Waals surface area contributed by atoms with Crippen molar-refractivity contribution < 1.29 is 14.3 Å². The molecule has 4 rings (SSSR count). The number of ether oxygens (including phenoxy) is 2. The number of aliphatic imine (C=N–C) groups is 1. The van der Waals surface area contributed by atoms with Crippen LogP contribution in [0.25, 0.3) is 6.08 Å². The number of benzene rings is 2. The summed E-state index contributed by atoms with van der Waals surface area (Å²) < 4.78 is 10.5. The van der Waals surface area contributed by atoms with E-state index in [4.69, 9.17) is 9.47 Å². The van der Waals surface area contributed by atoms with Crippen LogP contribution in [0.2, 0.25) is 0 Å². The van der Waals surface area contributed by atoms with Crippen LogP contribution in [0.5, 0.6) is 5.75 Å². The highest BCUT2D eigenvalue weighted by Gasteiger charge is 2.32. The normalized spacial score (nSPS) is 18.6. The van der Waals surface area contributed by atoms with Crippen LogP contribution in [-0.4, -0.2) is 38.5 Å². The van der Waals surface area contributed by atoms with Gasteiger partial charge in [0.05, 0.1) is 32.0 Å². The third-order valence-electron chi connectivity index (χ3n) is 5.30. The number of hydrogen-bond acceptors (Lipinski definition) is 4. The van der Waals surface area contributed by atoms with Crippen molar-refractivity contribution in [3.8, 4) is 5.75 Å². The zero-order chi connectivity index (χ0) is 19.5. The summed E-state index contributed by atoms with van der Waals surface area (Å²) in [7, 11) is 3.34. The lowest BCUT2D eigenvalue weighted by Gasteiger charge is -2.25. The summed E-state index contributed by atoms with van der Waals surface area (Å²) in [6, 6.07) is 14.2. The zero-order valence-electron chi connectivity index (χ0n) is 16.2. The Balaban J connectivity index is 1.58. The lowest BCUT2D eigenvalue weighted by molar-refractivity contribution is -0.117. The Kier molecular flexibility index (Phi) is 5.26. The molecule has 0 unspecified atom stereocenters. The van der Waals surface area contributed by atoms with Crippen LogP contribution in [0, 0.1) is 0 Å². The minimum atomic E-state index is 0.104. The summed E-state index contributed by atoms with van der Waals surface area (Å²) in [6.07, 6.45) is 5.50. The first-order valence-electron chi connectivity index (χ1n) is 9.50. The molecular weight excluding hydrogens is 352 g/mol. The molecule has 28 heavy (non-hydrogen) atoms. The van der Waals surface area contributed by atoms with Crippen molar-refractivity contribution in [2.24, 2.45) is 4.99 Å². The number of hydrogen-bond donors (Lipinski definition) is 0. The van der Waals surface area contributed by atoms with Gasteiger partial charge in [-0.25, -0.2) is 0 Å². The first kappa shape index (κ1) is 18.4. The van der Waals surface area contributed by atoms with Gasteiger partial charge in [-0.1, -0.05) is 24.3 Å². The molecule has 0 aliphatic carbocycles. The van der Waals surface area contributed by atoms with Gasteiger partial charge in [0.1, 0.15) is 5.75 Å². The minimum Gasteiger partial charge on any atom is -0.497 e. The van der Waals surface area contributed by atoms with Gasteiger partial charge < -0.3 is 14.4 Å². The standard InChI is InChI=1S/C23H24N2O3/c1-27-15-19-8-12-23(26)25(19)18-7-6-17-14-24-22(21(17)13-18)11-5-16-3-9-20(28-2)10-4-16/h3-7,9-11,13,19H,8,12,14-15H2,1-2H3/b11-5+/t19-/m1/s1. The second-order valence-electron chi connectivity index (χ2n) is 7.06. The van der Waals surface area contributed by atoms with Crippen molar-refractivity contribution in [1.82, 2.24) is 0 Å². The maximum absolute atomic E-state index is 12.4. The number of methoxy groups -OCH3 is 2. The van der Waals surface area contributed by atoms with Gasteiger partial charge >= 0.3 is 0 Å². The molecule has 0 bridgehead atoms. The van der Waals surface area contributed by atoms with E-state index in [1.54, 1.807) is 14.2 Å². The second kappa shape index (κ2) is 7.98. The van der Waals surface area contributed by atoms with Gasteiger partial charge in [0, 0.05) is 24.8 Å². The van der Waals surface area contributed by atoms with Crippen molar-refractivity contribution in [2.45, 2.75) is 25.4 Å². The van der Waals surface area contributed by atoms with E-state index in [1.165, 1.54) is 5.56 Å². The van der Waals surface area contributed by atoms with E-state index >= 15 is 0 Å². The topological polar surface area (TPSA) is 51.1 Å². The van der Waals surface area contributed by atoms with Crippen molar-refractivity contribution in [3.63, 3.8) is 0 Å². The molecule has 144 valence electrons. The maximum atomic E-state index is 12.4. The summed E-state index contributed by atoms with van der Waals surface area (Å²) >= 11 is 0. The lowest BCUT2D eigenvalue weighted by atomic mass is 10.0. The fourth-order valence-corrected chi connectivity index (χ4v) is 3.83. The lowest BCUT2D eigenvalue weighted by Crippen LogP contribution is -2.36. The summed E-state index contributed by atoms with van der Waals surface area (Å²) in [5.41, 5.74) is 5.24. The molecular formula is C23H24N2O3. The molecule has 2 aromatic carbocycles. The number of carbonyl (C=O) groups is 1. The molecule has 2 heterocycles. The fraction of sp³-hybridized carbons (Fsp3) is 0.304. The number of allylic oxidation sites excluding steroid dienone is 1. The molecule has 0 aromatic heterocycles. The number of anilines is 1. The van der Waals surface area contributed by atoms with Gasteiger partial charge in [-0.15, -0.1) is 0 Å². The SMILES string of the molecule is COC[C@H]1CCC(=O)N1c1ccc2c(c1)C(/C=C/c1ccc(OC)cc1)=NC2. The maximum Gasteiger partial charge on any atom is 0.227 e. The molecule has 0 radical (unpaired) electrons. The third-order valence-corrected chi connectivity index (χ3v) is 5.30. The van der Waals surface area contributed by atoms with Gasteiger partial charge in [0.15, 0.2) is 0 Å². The molecule has 1 fully saturated rings. The van der Waals surface area contributed by atoms with Crippen LogP contribution in [0.3, 0.4) is 0 Å². The summed E-state index contributed by atoms with van der Waals surface area (Å²) in [5, 5.41) is 0. The van der Waals surface area contributed by atoms with E-state index in [0.717, 1.165) is 34.7 Å². The van der Waals surface area contributed by atoms with Crippen LogP contribution in [0.1, 0.15) is 29.5 Å². The Hall–Kier alpha value is -2.92. The Morgan fingerprint density at radius 1 is 1.14 bits per heavy atom. The average Bonchev–Trinajstić information content (AvgIpc) is 3.30. The highest BCUT2D eigenvalue weighted by molar-refractivity contribution is 6.14. The third kappa shape index (κ3) is 3.58. The van der Waals surface area contributed by atoms with E-state index in [2.05, 4.69) is 23.2 Å². The number of carbonyl (C=O) groups excluding carboxylic acids is 1. The number of rotatable bonds is 6. The molecule has 2 aliphatic heterocycles. The van der Waals surface area contributed by atoms with E-state index in [9.17, 15) is 4.79 Å². The van der Waals surface area contributed by atoms with Crippen molar-refractivity contribution in [2.75, 3.05) is 25.7 Å². The quantitative estimate of drug-likeness (QED) is 0.769. The Morgan fingerprint density at radius 2 is 1.96 bits per heavy atom. The first-order chi connectivity index (χ1) is 13.7. The molecule has 2 aliphatic rings. The predicted octanol–water partition coefficient (Wildman–Crippen LogP) is 3.85. The van der Waals surface area contributed by atoms with Gasteiger partial charge in [0.2, 0.25) is 5.91 Å². The molecule has 0 saturated carbocycles. The van der Waals surface area contributed by atoms with Gasteiger partial charge in [-0.05, 0) is 47.9 Å². The number of fused-ring (bicyclic) bond motifs is 1. The average molecular weight is 376 g/mol. The van der Waals surface area contributed by atoms with Crippen LogP contribution in [0.4, 0.5) is 5.69 Å². The molecule has 1 saturated heterocycles. The van der Waals surface area contributed by atoms with Crippen molar-refractivity contribution >= 4 is 23.4 Å². The van der Waals surface area contributed by atoms with E-state index in [-0.39, 0.29) is 11.9 Å². The summed E-state index contributed by atoms with van der Waals surface area (Å²) in [5.74, 6) is 0.999. The van der Waals surface area contributed by atoms with Gasteiger partial charge in [-0.2, -0.15) is 0 Å². The largest absolute Gasteiger partial charge is 0.497 e. The summed E-state index contributed by atoms with van der Waals surface area (Å²) in [4.78, 5) is 19.0. The highest BCUT2D eigenvalue weighted by Crippen LogP contribution is 2.31. The number of nitrogens with zero attached hydrogens (tertiary/aromatic N) is 2. The van der Waals surface area contributed by atoms with E-state index in [1.807, 2.05) is 41.3 Å². The Labute approximate surface area is 165 Å². The summed E-state index contributed by atoms with van der Waals surface area (Å²) in [6.45, 7) is 1.23. The molecule has 0 spiro atoms. The minimum absolute atomic E-state index is 0.104. The smallest absolute Gasteiger partial charge is 0.227 e. The molecule has 5 nitrogen and oxygen atoms in total. The second-order valence-corrected chi connectivity index (χ2v) is 7.06. The van der Waals surface area contributed by atoms with Crippen molar-refractivity contribution in [1.29, 1.82) is 0 Å². The molecule has 0 N–H and O–H groups in total. The fourth-order valence-electron chi connectivity index (χ4n) is 3.83. The molecule has 1 atom stereocenters. The Morgan fingerprint density at radius 3 is 2.71 bits per heavy atom. The van der Waals surface area contributed by atoms with E-state index < -0.39 is 0 Å². The molecule has 5 heteroatoms. The van der Waals surface area contributed by atoms with Crippen LogP contribution in [0.15, 0.2) is 53.5 Å². The number of amides is 1. The van der Waals surface area contributed by atoms with E-state index in [0.29, 0.717) is 19.6 Å². The first-order valence-corrected chi connectivity index (χ1v) is 9.50. The van der Waals surface area contributed by atoms with Crippen LogP contribution < -0.4 is 9.64 Å². The zero-order valence-corrected chi connectivity index (χ0v) is 16.2. The van der Waals surface area contributed by atoms with Gasteiger partial charge in [-0.3, -0.25) is 9.79 Å². The van der Waals surface area contributed by atoms with Crippen LogP contribution in [-0.2, 0) is 16.1 Å². The Bertz CT molecular complexity index is 931. The van der Waals surface area contributed by atoms with Crippen LogP contribution >= 0.6 is 0 Å². The van der Waals surface area contributed by atoms with Crippen molar-refractivity contribution in [3.05, 3.63) is 65.2 Å². The predicted molar refractivity (Wildman–Crippen MR) is 111 cm³/mol. The molecule has 2 aromatic rings. The molecule has 1 amide bonds.